The molecule has 0 saturated carbocycles. The number of nitrogens with one attached hydrogen (secondary N) is 1. The summed E-state index contributed by atoms with van der Waals surface area (Å²) in [4.78, 5) is 12.7. The molecule has 1 saturated heterocycles. The van der Waals surface area contributed by atoms with Crippen molar-refractivity contribution < 1.29 is 17.9 Å². The quantitative estimate of drug-likeness (QED) is 0.708. The maximum atomic E-state index is 12.8. The van der Waals surface area contributed by atoms with Crippen LogP contribution in [-0.2, 0) is 10.0 Å². The molecular weight excluding hydrogens is 435 g/mol. The number of nitrogens with zero attached hydrogens (tertiary/aromatic N) is 1. The van der Waals surface area contributed by atoms with Gasteiger partial charge in [-0.2, -0.15) is 4.31 Å². The zero-order valence-electron chi connectivity index (χ0n) is 16.1. The van der Waals surface area contributed by atoms with Crippen LogP contribution in [0.1, 0.15) is 30.1 Å². The van der Waals surface area contributed by atoms with Crippen molar-refractivity contribution in [3.63, 3.8) is 0 Å². The van der Waals surface area contributed by atoms with Gasteiger partial charge in [0.25, 0.3) is 5.91 Å². The third-order valence-corrected chi connectivity index (χ3v) is 7.43. The van der Waals surface area contributed by atoms with Crippen molar-refractivity contribution in [3.8, 4) is 5.75 Å². The maximum absolute atomic E-state index is 12.8. The fourth-order valence-corrected chi connectivity index (χ4v) is 5.28. The van der Waals surface area contributed by atoms with Crippen LogP contribution in [-0.4, -0.2) is 38.8 Å². The molecule has 1 fully saturated rings. The molecule has 29 heavy (non-hydrogen) atoms. The number of amides is 1. The van der Waals surface area contributed by atoms with Gasteiger partial charge in [-0.15, -0.1) is 0 Å². The van der Waals surface area contributed by atoms with E-state index in [2.05, 4.69) is 12.2 Å². The van der Waals surface area contributed by atoms with Gasteiger partial charge in [-0.1, -0.05) is 30.1 Å². The number of rotatable bonds is 5. The fraction of sp³-hybridized carbons (Fsp3) is 0.350. The lowest BCUT2D eigenvalue weighted by molar-refractivity contribution is 0.102. The van der Waals surface area contributed by atoms with Gasteiger partial charge >= 0.3 is 0 Å². The zero-order valence-corrected chi connectivity index (χ0v) is 18.4. The van der Waals surface area contributed by atoms with E-state index in [9.17, 15) is 13.2 Å². The SMILES string of the molecule is COc1c(Cl)cc(C(=O)Nc2ccc(S(=O)(=O)N3CCC(C)CC3)cc2)cc1Cl. The average Bonchev–Trinajstić information content (AvgIpc) is 2.68. The molecule has 0 aliphatic carbocycles. The van der Waals surface area contributed by atoms with Crippen molar-refractivity contribution >= 4 is 44.8 Å². The van der Waals surface area contributed by atoms with Gasteiger partial charge in [-0.25, -0.2) is 8.42 Å². The van der Waals surface area contributed by atoms with Crippen LogP contribution in [0, 0.1) is 5.92 Å². The van der Waals surface area contributed by atoms with Crippen LogP contribution in [0.3, 0.4) is 0 Å². The number of piperidine rings is 1. The Morgan fingerprint density at radius 2 is 1.66 bits per heavy atom. The van der Waals surface area contributed by atoms with Gasteiger partial charge in [0.2, 0.25) is 10.0 Å². The fourth-order valence-electron chi connectivity index (χ4n) is 3.17. The van der Waals surface area contributed by atoms with E-state index in [1.807, 2.05) is 0 Å². The summed E-state index contributed by atoms with van der Waals surface area (Å²) in [7, 11) is -2.09. The molecule has 1 heterocycles. The smallest absolute Gasteiger partial charge is 0.255 e. The van der Waals surface area contributed by atoms with Gasteiger partial charge in [-0.3, -0.25) is 4.79 Å². The van der Waals surface area contributed by atoms with Crippen molar-refractivity contribution in [3.05, 3.63) is 52.0 Å². The molecule has 3 rings (SSSR count). The molecule has 2 aromatic rings. The van der Waals surface area contributed by atoms with Gasteiger partial charge < -0.3 is 10.1 Å². The lowest BCUT2D eigenvalue weighted by atomic mass is 10.0. The Morgan fingerprint density at radius 3 is 2.17 bits per heavy atom. The molecular formula is C20H22Cl2N2O4S. The maximum Gasteiger partial charge on any atom is 0.255 e. The van der Waals surface area contributed by atoms with Gasteiger partial charge in [0.05, 0.1) is 22.1 Å². The topological polar surface area (TPSA) is 75.7 Å². The third-order valence-electron chi connectivity index (χ3n) is 4.96. The van der Waals surface area contributed by atoms with E-state index in [0.717, 1.165) is 12.8 Å². The number of carbonyl (C=O) groups excluding carboxylic acids is 1. The van der Waals surface area contributed by atoms with Gasteiger partial charge in [0, 0.05) is 24.3 Å². The van der Waals surface area contributed by atoms with E-state index < -0.39 is 15.9 Å². The summed E-state index contributed by atoms with van der Waals surface area (Å²) in [6.07, 6.45) is 1.72. The highest BCUT2D eigenvalue weighted by molar-refractivity contribution is 7.89. The number of hydrogen-bond donors (Lipinski definition) is 1. The van der Waals surface area contributed by atoms with Crippen LogP contribution >= 0.6 is 23.2 Å². The van der Waals surface area contributed by atoms with Crippen molar-refractivity contribution in [2.75, 3.05) is 25.5 Å². The van der Waals surface area contributed by atoms with E-state index in [-0.39, 0.29) is 20.5 Å². The van der Waals surface area contributed by atoms with Crippen LogP contribution in [0.2, 0.25) is 10.0 Å². The largest absolute Gasteiger partial charge is 0.494 e. The Balaban J connectivity index is 1.73. The molecule has 0 aromatic heterocycles. The Morgan fingerprint density at radius 1 is 1.10 bits per heavy atom. The summed E-state index contributed by atoms with van der Waals surface area (Å²) in [6.45, 7) is 3.19. The van der Waals surface area contributed by atoms with Crippen LogP contribution in [0.5, 0.6) is 5.75 Å². The first-order valence-corrected chi connectivity index (χ1v) is 11.4. The highest BCUT2D eigenvalue weighted by Crippen LogP contribution is 2.34. The molecule has 0 atom stereocenters. The second-order valence-electron chi connectivity index (χ2n) is 7.04. The molecule has 0 unspecified atom stereocenters. The highest BCUT2D eigenvalue weighted by atomic mass is 35.5. The normalized spacial score (nSPS) is 15.9. The summed E-state index contributed by atoms with van der Waals surface area (Å²) in [6, 6.07) is 9.03. The minimum Gasteiger partial charge on any atom is -0.494 e. The number of halogens is 2. The first-order chi connectivity index (χ1) is 13.7. The zero-order chi connectivity index (χ0) is 21.2. The van der Waals surface area contributed by atoms with Gasteiger partial charge in [0.15, 0.2) is 5.75 Å². The number of sulfonamides is 1. The van der Waals surface area contributed by atoms with Crippen molar-refractivity contribution in [2.45, 2.75) is 24.7 Å². The van der Waals surface area contributed by atoms with E-state index >= 15 is 0 Å². The first kappa shape index (κ1) is 21.9. The number of carbonyl (C=O) groups is 1. The second-order valence-corrected chi connectivity index (χ2v) is 9.79. The van der Waals surface area contributed by atoms with E-state index in [4.69, 9.17) is 27.9 Å². The Kier molecular flexibility index (Phi) is 6.73. The first-order valence-electron chi connectivity index (χ1n) is 9.17. The number of ether oxygens (including phenoxy) is 1. The minimum absolute atomic E-state index is 0.209. The molecule has 1 N–H and O–H groups in total. The standard InChI is InChI=1S/C20H22Cl2N2O4S/c1-13-7-9-24(10-8-13)29(26,27)16-5-3-15(4-6-16)23-20(25)14-11-17(21)19(28-2)18(22)12-14/h3-6,11-13H,7-10H2,1-2H3,(H,23,25). The summed E-state index contributed by atoms with van der Waals surface area (Å²) in [5, 5.41) is 3.16. The second kappa shape index (κ2) is 8.92. The predicted octanol–water partition coefficient (Wildman–Crippen LogP) is 4.67. The number of hydrogen-bond acceptors (Lipinski definition) is 4. The van der Waals surface area contributed by atoms with Crippen molar-refractivity contribution in [1.82, 2.24) is 4.31 Å². The molecule has 0 spiro atoms. The Labute approximate surface area is 180 Å². The highest BCUT2D eigenvalue weighted by Gasteiger charge is 2.28. The summed E-state index contributed by atoms with van der Waals surface area (Å²) in [5.41, 5.74) is 0.726. The van der Waals surface area contributed by atoms with E-state index in [1.165, 1.54) is 35.7 Å². The van der Waals surface area contributed by atoms with E-state index in [1.54, 1.807) is 12.1 Å². The molecule has 9 heteroatoms. The number of anilines is 1. The molecule has 1 amide bonds. The van der Waals surface area contributed by atoms with Crippen LogP contribution < -0.4 is 10.1 Å². The van der Waals surface area contributed by atoms with Gasteiger partial charge in [-0.05, 0) is 55.2 Å². The average molecular weight is 457 g/mol. The Bertz CT molecular complexity index is 979. The van der Waals surface area contributed by atoms with Crippen molar-refractivity contribution in [1.29, 1.82) is 0 Å². The minimum atomic E-state index is -3.53. The molecule has 0 bridgehead atoms. The lowest BCUT2D eigenvalue weighted by Gasteiger charge is -2.29. The molecule has 1 aliphatic heterocycles. The molecule has 156 valence electrons. The van der Waals surface area contributed by atoms with E-state index in [0.29, 0.717) is 30.4 Å². The lowest BCUT2D eigenvalue weighted by Crippen LogP contribution is -2.37. The van der Waals surface area contributed by atoms with Crippen LogP contribution in [0.25, 0.3) is 0 Å². The summed E-state index contributed by atoms with van der Waals surface area (Å²) < 4.78 is 32.2. The predicted molar refractivity (Wildman–Crippen MR) is 115 cm³/mol. The molecule has 2 aromatic carbocycles. The summed E-state index contributed by atoms with van der Waals surface area (Å²) in [5.74, 6) is 0.419. The monoisotopic (exact) mass is 456 g/mol. The van der Waals surface area contributed by atoms with Gasteiger partial charge in [0.1, 0.15) is 0 Å². The third kappa shape index (κ3) is 4.86. The van der Waals surface area contributed by atoms with Crippen LogP contribution in [0.4, 0.5) is 5.69 Å². The molecule has 6 nitrogen and oxygen atoms in total. The number of methoxy groups -OCH3 is 1. The van der Waals surface area contributed by atoms with Crippen LogP contribution in [0.15, 0.2) is 41.3 Å². The molecule has 0 radical (unpaired) electrons. The number of benzene rings is 2. The summed E-state index contributed by atoms with van der Waals surface area (Å²) >= 11 is 12.1. The molecule has 1 aliphatic rings. The Hall–Kier alpha value is -1.80. The van der Waals surface area contributed by atoms with Crippen molar-refractivity contribution in [2.24, 2.45) is 5.92 Å².